The highest BCUT2D eigenvalue weighted by atomic mass is 15.1. The van der Waals surface area contributed by atoms with E-state index in [0.717, 1.165) is 50.7 Å². The number of hydrogen-bond donors (Lipinski definition) is 0. The first kappa shape index (κ1) is 33.1. The van der Waals surface area contributed by atoms with E-state index in [2.05, 4.69) is 206 Å². The third kappa shape index (κ3) is 5.31. The molecule has 0 aliphatic heterocycles. The lowest BCUT2D eigenvalue weighted by Crippen LogP contribution is -1.99. The number of rotatable bonds is 6. The first-order valence-corrected chi connectivity index (χ1v) is 19.8. The van der Waals surface area contributed by atoms with Crippen LogP contribution in [0.4, 0.5) is 0 Å². The maximum Gasteiger partial charge on any atom is 0.145 e. The van der Waals surface area contributed by atoms with Gasteiger partial charge >= 0.3 is 0 Å². The Morgan fingerprint density at radius 2 is 0.831 bits per heavy atom. The lowest BCUT2D eigenvalue weighted by Gasteiger charge is -2.13. The van der Waals surface area contributed by atoms with Gasteiger partial charge in [-0.25, -0.2) is 4.98 Å². The summed E-state index contributed by atoms with van der Waals surface area (Å²) in [5, 5.41) is 4.95. The second-order valence-corrected chi connectivity index (χ2v) is 14.9. The van der Waals surface area contributed by atoms with E-state index < -0.39 is 0 Å². The number of nitrogens with zero attached hydrogens (tertiary/aromatic N) is 6. The predicted molar refractivity (Wildman–Crippen MR) is 242 cm³/mol. The molecule has 0 N–H and O–H groups in total. The van der Waals surface area contributed by atoms with Gasteiger partial charge in [0.1, 0.15) is 5.82 Å². The number of hydrogen-bond acceptors (Lipinski definition) is 3. The summed E-state index contributed by atoms with van der Waals surface area (Å²) in [5.74, 6) is 0.886. The molecule has 6 nitrogen and oxygen atoms in total. The van der Waals surface area contributed by atoms with Crippen molar-refractivity contribution in [1.82, 2.24) is 28.7 Å². The van der Waals surface area contributed by atoms with Gasteiger partial charge in [0.05, 0.1) is 45.0 Å². The van der Waals surface area contributed by atoms with Gasteiger partial charge in [-0.15, -0.1) is 0 Å². The van der Waals surface area contributed by atoms with Gasteiger partial charge in [0.15, 0.2) is 0 Å². The smallest absolute Gasteiger partial charge is 0.145 e. The van der Waals surface area contributed by atoms with Crippen molar-refractivity contribution in [3.63, 3.8) is 0 Å². The Labute approximate surface area is 339 Å². The van der Waals surface area contributed by atoms with Crippen molar-refractivity contribution >= 4 is 54.6 Å². The molecule has 0 radical (unpaired) electrons. The highest BCUT2D eigenvalue weighted by Gasteiger charge is 2.18. The quantitative estimate of drug-likeness (QED) is 0.170. The summed E-state index contributed by atoms with van der Waals surface area (Å²) in [5.41, 5.74) is 15.3. The number of aromatic nitrogens is 6. The van der Waals surface area contributed by atoms with Crippen LogP contribution in [0.25, 0.3) is 105 Å². The fourth-order valence-electron chi connectivity index (χ4n) is 8.91. The summed E-state index contributed by atoms with van der Waals surface area (Å²) in [4.78, 5) is 13.8. The second kappa shape index (κ2) is 13.3. The van der Waals surface area contributed by atoms with Crippen molar-refractivity contribution in [1.29, 1.82) is 0 Å². The van der Waals surface area contributed by atoms with Crippen molar-refractivity contribution in [2.24, 2.45) is 0 Å². The van der Waals surface area contributed by atoms with Crippen LogP contribution in [-0.2, 0) is 0 Å². The summed E-state index contributed by atoms with van der Waals surface area (Å²) in [6.45, 7) is 0. The number of benzene rings is 8. The molecular formula is C53H34N6. The number of imidazole rings is 1. The van der Waals surface area contributed by atoms with Crippen LogP contribution >= 0.6 is 0 Å². The van der Waals surface area contributed by atoms with E-state index >= 15 is 0 Å². The van der Waals surface area contributed by atoms with Crippen LogP contribution in [-0.4, -0.2) is 28.7 Å². The van der Waals surface area contributed by atoms with Crippen LogP contribution in [0.1, 0.15) is 0 Å². The van der Waals surface area contributed by atoms with Gasteiger partial charge in [0.25, 0.3) is 0 Å². The molecule has 8 aromatic carbocycles. The topological polar surface area (TPSA) is 53.5 Å². The monoisotopic (exact) mass is 754 g/mol. The van der Waals surface area contributed by atoms with E-state index in [4.69, 9.17) is 4.98 Å². The lowest BCUT2D eigenvalue weighted by atomic mass is 10.0. The zero-order chi connectivity index (χ0) is 38.9. The number of fused-ring (bicyclic) bond motifs is 7. The average molecular weight is 755 g/mol. The molecule has 276 valence electrons. The molecule has 0 amide bonds. The van der Waals surface area contributed by atoms with Gasteiger partial charge < -0.3 is 9.13 Å². The maximum atomic E-state index is 5.12. The molecule has 59 heavy (non-hydrogen) atoms. The van der Waals surface area contributed by atoms with E-state index in [1.807, 2.05) is 6.07 Å². The van der Waals surface area contributed by atoms with Crippen molar-refractivity contribution < 1.29 is 0 Å². The number of para-hydroxylation sites is 5. The second-order valence-electron chi connectivity index (χ2n) is 14.9. The van der Waals surface area contributed by atoms with Crippen LogP contribution in [0.3, 0.4) is 0 Å². The molecule has 4 aromatic heterocycles. The van der Waals surface area contributed by atoms with Crippen LogP contribution in [0.15, 0.2) is 207 Å². The van der Waals surface area contributed by atoms with Gasteiger partial charge in [-0.1, -0.05) is 103 Å². The summed E-state index contributed by atoms with van der Waals surface area (Å²) in [6, 6.07) is 67.5. The Morgan fingerprint density at radius 1 is 0.339 bits per heavy atom. The van der Waals surface area contributed by atoms with E-state index in [1.165, 1.54) is 54.7 Å². The van der Waals surface area contributed by atoms with Crippen molar-refractivity contribution in [3.05, 3.63) is 207 Å². The van der Waals surface area contributed by atoms with Crippen molar-refractivity contribution in [2.45, 2.75) is 0 Å². The fourth-order valence-corrected chi connectivity index (χ4v) is 8.91. The van der Waals surface area contributed by atoms with Gasteiger partial charge in [0, 0.05) is 62.1 Å². The Morgan fingerprint density at radius 3 is 1.44 bits per heavy atom. The van der Waals surface area contributed by atoms with E-state index in [-0.39, 0.29) is 0 Å². The first-order chi connectivity index (χ1) is 29.3. The van der Waals surface area contributed by atoms with Crippen molar-refractivity contribution in [2.75, 3.05) is 0 Å². The molecule has 6 heteroatoms. The zero-order valence-electron chi connectivity index (χ0n) is 31.8. The molecule has 0 bridgehead atoms. The van der Waals surface area contributed by atoms with Crippen LogP contribution in [0, 0.1) is 0 Å². The standard InChI is InChI=1S/C53H34N6/c1-2-10-39(11-3-1)57-48-15-7-4-12-42(48)44-32-37(22-28-50(44)57)38-23-29-51-45(33-38)43-13-5-8-16-49(43)58(51)40-24-26-41(27-25-40)59-52-17-9-6-14-46(52)56-53(59)36-20-18-35(19-21-36)47-34-54-30-31-55-47/h1-34H. The summed E-state index contributed by atoms with van der Waals surface area (Å²) < 4.78 is 7.00. The highest BCUT2D eigenvalue weighted by Crippen LogP contribution is 2.39. The third-order valence-electron chi connectivity index (χ3n) is 11.6. The Hall–Kier alpha value is -8.09. The zero-order valence-corrected chi connectivity index (χ0v) is 31.8. The molecule has 12 rings (SSSR count). The molecule has 0 fully saturated rings. The molecule has 0 atom stereocenters. The van der Waals surface area contributed by atoms with Crippen LogP contribution in [0.5, 0.6) is 0 Å². The van der Waals surface area contributed by atoms with Crippen molar-refractivity contribution in [3.8, 4) is 50.8 Å². The summed E-state index contributed by atoms with van der Waals surface area (Å²) in [6.07, 6.45) is 5.20. The molecule has 0 aliphatic carbocycles. The highest BCUT2D eigenvalue weighted by molar-refractivity contribution is 6.12. The van der Waals surface area contributed by atoms with Gasteiger partial charge in [-0.05, 0) is 96.1 Å². The molecular weight excluding hydrogens is 721 g/mol. The fraction of sp³-hybridized carbons (Fsp3) is 0. The first-order valence-electron chi connectivity index (χ1n) is 19.8. The maximum absolute atomic E-state index is 5.12. The molecule has 4 heterocycles. The minimum Gasteiger partial charge on any atom is -0.309 e. The minimum atomic E-state index is 0.842. The average Bonchev–Trinajstić information content (AvgIpc) is 3.97. The minimum absolute atomic E-state index is 0.842. The Bertz CT molecular complexity index is 3520. The van der Waals surface area contributed by atoms with E-state index in [0.29, 0.717) is 0 Å². The molecule has 0 saturated carbocycles. The molecule has 0 unspecified atom stereocenters. The van der Waals surface area contributed by atoms with E-state index in [1.54, 1.807) is 18.6 Å². The van der Waals surface area contributed by atoms with E-state index in [9.17, 15) is 0 Å². The summed E-state index contributed by atoms with van der Waals surface area (Å²) in [7, 11) is 0. The molecule has 12 aromatic rings. The lowest BCUT2D eigenvalue weighted by molar-refractivity contribution is 1.09. The Balaban J connectivity index is 0.950. The molecule has 0 spiro atoms. The van der Waals surface area contributed by atoms with Gasteiger partial charge in [0.2, 0.25) is 0 Å². The summed E-state index contributed by atoms with van der Waals surface area (Å²) >= 11 is 0. The predicted octanol–water partition coefficient (Wildman–Crippen LogP) is 13.0. The SMILES string of the molecule is c1ccc(-n2c3ccccc3c3cc(-c4ccc5c(c4)c4ccccc4n5-c4ccc(-n5c(-c6ccc(-c7cnccn7)cc6)nc6ccccc65)cc4)ccc32)cc1. The molecule has 0 saturated heterocycles. The third-order valence-corrected chi connectivity index (χ3v) is 11.6. The Kier molecular flexibility index (Phi) is 7.43. The van der Waals surface area contributed by atoms with Crippen LogP contribution < -0.4 is 0 Å². The largest absolute Gasteiger partial charge is 0.309 e. The van der Waals surface area contributed by atoms with Gasteiger partial charge in [-0.3, -0.25) is 14.5 Å². The van der Waals surface area contributed by atoms with Crippen LogP contribution in [0.2, 0.25) is 0 Å². The normalized spacial score (nSPS) is 11.7. The van der Waals surface area contributed by atoms with Gasteiger partial charge in [-0.2, -0.15) is 0 Å². The molecule has 0 aliphatic rings.